The molecule has 2 N–H and O–H groups in total. The normalized spacial score (nSPS) is 21.2. The zero-order valence-electron chi connectivity index (χ0n) is 10.1. The lowest BCUT2D eigenvalue weighted by molar-refractivity contribution is 0.372. The van der Waals surface area contributed by atoms with Crippen LogP contribution in [-0.4, -0.2) is 6.04 Å². The van der Waals surface area contributed by atoms with Crippen molar-refractivity contribution in [1.82, 2.24) is 0 Å². The van der Waals surface area contributed by atoms with Crippen LogP contribution in [-0.2, 0) is 12.8 Å². The molecule has 16 heavy (non-hydrogen) atoms. The largest absolute Gasteiger partial charge is 0.327 e. The molecule has 0 saturated heterocycles. The molecule has 86 valence electrons. The average molecular weight is 215 g/mol. The van der Waals surface area contributed by atoms with Gasteiger partial charge in [0, 0.05) is 6.04 Å². The van der Waals surface area contributed by atoms with Gasteiger partial charge in [-0.3, -0.25) is 0 Å². The highest BCUT2D eigenvalue weighted by molar-refractivity contribution is 5.30. The highest BCUT2D eigenvalue weighted by Crippen LogP contribution is 2.28. The van der Waals surface area contributed by atoms with Gasteiger partial charge in [-0.05, 0) is 49.7 Å². The first-order valence-electron chi connectivity index (χ1n) is 6.13. The fourth-order valence-electron chi connectivity index (χ4n) is 2.66. The summed E-state index contributed by atoms with van der Waals surface area (Å²) in [6, 6.07) is 9.04. The first-order valence-corrected chi connectivity index (χ1v) is 6.13. The van der Waals surface area contributed by atoms with Gasteiger partial charge in [0.2, 0.25) is 0 Å². The minimum atomic E-state index is 0.283. The Balaban J connectivity index is 2.05. The Morgan fingerprint density at radius 2 is 2.12 bits per heavy atom. The van der Waals surface area contributed by atoms with Crippen LogP contribution in [0.1, 0.15) is 30.9 Å². The van der Waals surface area contributed by atoms with E-state index < -0.39 is 0 Å². The third kappa shape index (κ3) is 2.53. The van der Waals surface area contributed by atoms with E-state index >= 15 is 0 Å². The smallest absolute Gasteiger partial charge is 0.0108 e. The Labute approximate surface area is 98.4 Å². The van der Waals surface area contributed by atoms with Gasteiger partial charge in [-0.25, -0.2) is 0 Å². The number of aryl methyl sites for hydroxylation is 1. The Kier molecular flexibility index (Phi) is 3.45. The lowest BCUT2D eigenvalue weighted by atomic mass is 9.79. The molecular weight excluding hydrogens is 194 g/mol. The van der Waals surface area contributed by atoms with Crippen molar-refractivity contribution in [2.24, 2.45) is 11.7 Å². The van der Waals surface area contributed by atoms with E-state index in [9.17, 15) is 0 Å². The molecule has 1 aliphatic rings. The minimum Gasteiger partial charge on any atom is -0.327 e. The van der Waals surface area contributed by atoms with Gasteiger partial charge in [0.05, 0.1) is 0 Å². The zero-order chi connectivity index (χ0) is 11.5. The van der Waals surface area contributed by atoms with E-state index in [1.165, 1.54) is 29.5 Å². The molecule has 0 bridgehead atoms. The third-order valence-electron chi connectivity index (χ3n) is 3.57. The molecule has 0 radical (unpaired) electrons. The number of hydrogen-bond donors (Lipinski definition) is 1. The first kappa shape index (κ1) is 11.4. The van der Waals surface area contributed by atoms with Crippen LogP contribution in [0.15, 0.2) is 36.4 Å². The maximum Gasteiger partial charge on any atom is 0.0108 e. The van der Waals surface area contributed by atoms with E-state index in [0.29, 0.717) is 5.92 Å². The zero-order valence-corrected chi connectivity index (χ0v) is 10.1. The summed E-state index contributed by atoms with van der Waals surface area (Å²) in [5, 5.41) is 0. The molecule has 1 aliphatic carbocycles. The van der Waals surface area contributed by atoms with Crippen LogP contribution < -0.4 is 5.73 Å². The molecule has 0 spiro atoms. The van der Waals surface area contributed by atoms with Crippen molar-refractivity contribution < 1.29 is 0 Å². The van der Waals surface area contributed by atoms with E-state index in [1.54, 1.807) is 0 Å². The average Bonchev–Trinajstić information content (AvgIpc) is 2.27. The Morgan fingerprint density at radius 3 is 2.81 bits per heavy atom. The second-order valence-electron chi connectivity index (χ2n) is 5.10. The molecule has 0 amide bonds. The number of rotatable bonds is 3. The highest BCUT2D eigenvalue weighted by Gasteiger charge is 2.23. The number of hydrogen-bond acceptors (Lipinski definition) is 1. The second kappa shape index (κ2) is 4.84. The van der Waals surface area contributed by atoms with Crippen molar-refractivity contribution in [3.8, 4) is 0 Å². The van der Waals surface area contributed by atoms with Crippen molar-refractivity contribution in [3.63, 3.8) is 0 Å². The van der Waals surface area contributed by atoms with E-state index in [4.69, 9.17) is 5.73 Å². The molecule has 0 aromatic heterocycles. The standard InChI is InChI=1S/C15H21N/c1-11(2)9-15(16)14-8-7-12-5-3-4-6-13(12)10-14/h3-6,14-15H,1,7-10,16H2,2H3. The summed E-state index contributed by atoms with van der Waals surface area (Å²) in [7, 11) is 0. The van der Waals surface area contributed by atoms with Crippen LogP contribution in [0.4, 0.5) is 0 Å². The fraction of sp³-hybridized carbons (Fsp3) is 0.467. The Hall–Kier alpha value is -1.08. The highest BCUT2D eigenvalue weighted by atomic mass is 14.6. The summed E-state index contributed by atoms with van der Waals surface area (Å²) in [6.45, 7) is 6.02. The molecule has 2 unspecified atom stereocenters. The van der Waals surface area contributed by atoms with Gasteiger partial charge >= 0.3 is 0 Å². The van der Waals surface area contributed by atoms with E-state index in [2.05, 4.69) is 37.8 Å². The first-order chi connectivity index (χ1) is 7.66. The van der Waals surface area contributed by atoms with Crippen LogP contribution in [0.5, 0.6) is 0 Å². The maximum atomic E-state index is 6.25. The van der Waals surface area contributed by atoms with E-state index in [1.807, 2.05) is 0 Å². The van der Waals surface area contributed by atoms with Gasteiger partial charge in [0.25, 0.3) is 0 Å². The van der Waals surface area contributed by atoms with E-state index in [0.717, 1.165) is 12.8 Å². The van der Waals surface area contributed by atoms with Gasteiger partial charge in [-0.1, -0.05) is 29.8 Å². The second-order valence-corrected chi connectivity index (χ2v) is 5.10. The Morgan fingerprint density at radius 1 is 1.44 bits per heavy atom. The maximum absolute atomic E-state index is 6.25. The van der Waals surface area contributed by atoms with Crippen molar-refractivity contribution in [2.75, 3.05) is 0 Å². The molecule has 1 aromatic carbocycles. The summed E-state index contributed by atoms with van der Waals surface area (Å²) in [5.74, 6) is 0.631. The molecule has 0 heterocycles. The molecule has 0 saturated carbocycles. The van der Waals surface area contributed by atoms with Crippen LogP contribution in [0.25, 0.3) is 0 Å². The lowest BCUT2D eigenvalue weighted by Gasteiger charge is -2.29. The minimum absolute atomic E-state index is 0.283. The quantitative estimate of drug-likeness (QED) is 0.770. The number of fused-ring (bicyclic) bond motifs is 1. The van der Waals surface area contributed by atoms with Gasteiger partial charge in [-0.15, -0.1) is 6.58 Å². The molecule has 1 heteroatoms. The van der Waals surface area contributed by atoms with Crippen LogP contribution in [0.2, 0.25) is 0 Å². The van der Waals surface area contributed by atoms with Crippen molar-refractivity contribution in [1.29, 1.82) is 0 Å². The molecule has 1 aromatic rings. The number of nitrogens with two attached hydrogens (primary N) is 1. The number of benzene rings is 1. The lowest BCUT2D eigenvalue weighted by Crippen LogP contribution is -2.34. The molecule has 2 rings (SSSR count). The Bertz CT molecular complexity index is 381. The van der Waals surface area contributed by atoms with Crippen LogP contribution in [0, 0.1) is 5.92 Å². The summed E-state index contributed by atoms with van der Waals surface area (Å²) >= 11 is 0. The summed E-state index contributed by atoms with van der Waals surface area (Å²) < 4.78 is 0. The van der Waals surface area contributed by atoms with Crippen molar-refractivity contribution >= 4 is 0 Å². The van der Waals surface area contributed by atoms with Crippen molar-refractivity contribution in [3.05, 3.63) is 47.5 Å². The topological polar surface area (TPSA) is 26.0 Å². The molecule has 0 aliphatic heterocycles. The molecule has 0 fully saturated rings. The summed E-state index contributed by atoms with van der Waals surface area (Å²) in [6.07, 6.45) is 4.52. The predicted octanol–water partition coefficient (Wildman–Crippen LogP) is 3.09. The van der Waals surface area contributed by atoms with Crippen LogP contribution >= 0.6 is 0 Å². The summed E-state index contributed by atoms with van der Waals surface area (Å²) in [4.78, 5) is 0. The van der Waals surface area contributed by atoms with Gasteiger partial charge in [-0.2, -0.15) is 0 Å². The SMILES string of the molecule is C=C(C)CC(N)C1CCc2ccccc2C1. The van der Waals surface area contributed by atoms with Gasteiger partial charge < -0.3 is 5.73 Å². The fourth-order valence-corrected chi connectivity index (χ4v) is 2.66. The van der Waals surface area contributed by atoms with E-state index in [-0.39, 0.29) is 6.04 Å². The predicted molar refractivity (Wildman–Crippen MR) is 69.4 cm³/mol. The monoisotopic (exact) mass is 215 g/mol. The van der Waals surface area contributed by atoms with Gasteiger partial charge in [0.15, 0.2) is 0 Å². The third-order valence-corrected chi connectivity index (χ3v) is 3.57. The molecular formula is C15H21N. The van der Waals surface area contributed by atoms with Gasteiger partial charge in [0.1, 0.15) is 0 Å². The molecule has 2 atom stereocenters. The van der Waals surface area contributed by atoms with Crippen molar-refractivity contribution in [2.45, 2.75) is 38.6 Å². The molecule has 1 nitrogen and oxygen atoms in total. The summed E-state index contributed by atoms with van der Waals surface area (Å²) in [5.41, 5.74) is 10.5. The van der Waals surface area contributed by atoms with Crippen LogP contribution in [0.3, 0.4) is 0 Å².